The highest BCUT2D eigenvalue weighted by molar-refractivity contribution is 6.12. The van der Waals surface area contributed by atoms with Crippen molar-refractivity contribution in [2.75, 3.05) is 0 Å². The van der Waals surface area contributed by atoms with Gasteiger partial charge in [-0.25, -0.2) is 0 Å². The van der Waals surface area contributed by atoms with Crippen molar-refractivity contribution in [3.63, 3.8) is 0 Å². The predicted octanol–water partition coefficient (Wildman–Crippen LogP) is 7.59. The molecule has 0 amide bonds. The van der Waals surface area contributed by atoms with Crippen LogP contribution >= 0.6 is 0 Å². The molecule has 0 N–H and O–H groups in total. The fourth-order valence-corrected chi connectivity index (χ4v) is 4.99. The van der Waals surface area contributed by atoms with Crippen molar-refractivity contribution in [2.24, 2.45) is 0 Å². The van der Waals surface area contributed by atoms with Crippen LogP contribution in [0.5, 0.6) is 0 Å². The maximum absolute atomic E-state index is 4.44. The average Bonchev–Trinajstić information content (AvgIpc) is 3.38. The Morgan fingerprint density at radius 2 is 1.35 bits per heavy atom. The molecule has 0 bridgehead atoms. The van der Waals surface area contributed by atoms with Gasteiger partial charge in [0.05, 0.1) is 34.5 Å². The molecule has 0 atom stereocenters. The van der Waals surface area contributed by atoms with Crippen molar-refractivity contribution < 1.29 is 0 Å². The van der Waals surface area contributed by atoms with Gasteiger partial charge in [-0.1, -0.05) is 43.0 Å². The van der Waals surface area contributed by atoms with Gasteiger partial charge in [-0.2, -0.15) is 0 Å². The first kappa shape index (κ1) is 20.2. The lowest BCUT2D eigenvalue weighted by atomic mass is 10.1. The second-order valence-electron chi connectivity index (χ2n) is 8.48. The van der Waals surface area contributed by atoms with Gasteiger partial charge in [0.2, 0.25) is 0 Å². The minimum atomic E-state index is 0.985. The van der Waals surface area contributed by atoms with Crippen molar-refractivity contribution in [3.05, 3.63) is 110 Å². The second kappa shape index (κ2) is 7.85. The van der Waals surface area contributed by atoms with E-state index in [9.17, 15) is 0 Å². The lowest BCUT2D eigenvalue weighted by Gasteiger charge is -2.13. The Hall–Kier alpha value is -4.44. The zero-order chi connectivity index (χ0) is 23.2. The van der Waals surface area contributed by atoms with Crippen LogP contribution in [0, 0.1) is 6.92 Å². The van der Waals surface area contributed by atoms with Gasteiger partial charge in [0.1, 0.15) is 0 Å². The number of nitrogens with zero attached hydrogens (tertiary/aromatic N) is 4. The molecule has 0 unspecified atom stereocenters. The summed E-state index contributed by atoms with van der Waals surface area (Å²) in [5.74, 6) is 0. The van der Waals surface area contributed by atoms with E-state index in [1.807, 2.05) is 30.9 Å². The van der Waals surface area contributed by atoms with Gasteiger partial charge in [-0.3, -0.25) is 9.97 Å². The average molecular weight is 441 g/mol. The maximum atomic E-state index is 4.44. The molecule has 0 spiro atoms. The predicted molar refractivity (Wildman–Crippen MR) is 144 cm³/mol. The van der Waals surface area contributed by atoms with Crippen LogP contribution in [0.1, 0.15) is 12.5 Å². The molecule has 0 aliphatic carbocycles. The molecular formula is C30H24N4. The molecule has 2 aromatic carbocycles. The molecule has 4 heteroatoms. The van der Waals surface area contributed by atoms with Crippen molar-refractivity contribution >= 4 is 55.0 Å². The largest absolute Gasteiger partial charge is 0.308 e. The SMILES string of the molecule is C=C/C(=C\C(=C/C)n1c2cnccc2c2ccc(C)cc21)n1c2ccccc2c2ccncc21. The number of pyridine rings is 2. The Balaban J connectivity index is 1.66. The Kier molecular flexibility index (Phi) is 4.66. The summed E-state index contributed by atoms with van der Waals surface area (Å²) in [7, 11) is 0. The molecule has 4 nitrogen and oxygen atoms in total. The molecule has 4 heterocycles. The lowest BCUT2D eigenvalue weighted by Crippen LogP contribution is -1.99. The van der Waals surface area contributed by atoms with Gasteiger partial charge < -0.3 is 9.13 Å². The van der Waals surface area contributed by atoms with Crippen LogP contribution in [0.4, 0.5) is 0 Å². The van der Waals surface area contributed by atoms with Crippen molar-refractivity contribution in [2.45, 2.75) is 13.8 Å². The number of allylic oxidation sites excluding steroid dienone is 5. The highest BCUT2D eigenvalue weighted by Crippen LogP contribution is 2.35. The van der Waals surface area contributed by atoms with Crippen LogP contribution in [0.2, 0.25) is 0 Å². The van der Waals surface area contributed by atoms with Crippen LogP contribution in [-0.2, 0) is 0 Å². The second-order valence-corrected chi connectivity index (χ2v) is 8.48. The van der Waals surface area contributed by atoms with E-state index in [0.717, 1.165) is 27.9 Å². The van der Waals surface area contributed by atoms with Gasteiger partial charge in [-0.15, -0.1) is 0 Å². The molecule has 6 rings (SSSR count). The number of hydrogen-bond acceptors (Lipinski definition) is 2. The Morgan fingerprint density at radius 1 is 0.735 bits per heavy atom. The van der Waals surface area contributed by atoms with E-state index < -0.39 is 0 Å². The van der Waals surface area contributed by atoms with Gasteiger partial charge in [0.15, 0.2) is 0 Å². The van der Waals surface area contributed by atoms with E-state index in [1.54, 1.807) is 0 Å². The van der Waals surface area contributed by atoms with Crippen LogP contribution in [0.3, 0.4) is 0 Å². The Morgan fingerprint density at radius 3 is 2.03 bits per heavy atom. The summed E-state index contributed by atoms with van der Waals surface area (Å²) in [6.07, 6.45) is 13.8. The van der Waals surface area contributed by atoms with Crippen molar-refractivity contribution in [1.82, 2.24) is 19.1 Å². The zero-order valence-electron chi connectivity index (χ0n) is 19.2. The zero-order valence-corrected chi connectivity index (χ0v) is 19.2. The Bertz CT molecular complexity index is 1740. The summed E-state index contributed by atoms with van der Waals surface area (Å²) in [6, 6.07) is 19.2. The van der Waals surface area contributed by atoms with Crippen LogP contribution in [0.15, 0.2) is 104 Å². The quantitative estimate of drug-likeness (QED) is 0.265. The summed E-state index contributed by atoms with van der Waals surface area (Å²) in [4.78, 5) is 8.85. The fraction of sp³-hybridized carbons (Fsp3) is 0.0667. The number of para-hydroxylation sites is 1. The summed E-state index contributed by atoms with van der Waals surface area (Å²) in [5.41, 5.74) is 7.71. The summed E-state index contributed by atoms with van der Waals surface area (Å²) in [6.45, 7) is 8.38. The van der Waals surface area contributed by atoms with Crippen LogP contribution < -0.4 is 0 Å². The van der Waals surface area contributed by atoms with E-state index in [4.69, 9.17) is 0 Å². The normalized spacial score (nSPS) is 12.9. The molecule has 0 radical (unpaired) electrons. The van der Waals surface area contributed by atoms with Gasteiger partial charge in [0.25, 0.3) is 0 Å². The Labute approximate surface area is 197 Å². The number of rotatable bonds is 4. The molecule has 6 aromatic rings. The molecule has 0 aliphatic heterocycles. The minimum absolute atomic E-state index is 0.985. The molecule has 164 valence electrons. The number of fused-ring (bicyclic) bond motifs is 6. The number of aromatic nitrogens is 4. The topological polar surface area (TPSA) is 35.6 Å². The maximum Gasteiger partial charge on any atom is 0.0724 e. The molecule has 4 aromatic heterocycles. The van der Waals surface area contributed by atoms with Crippen LogP contribution in [0.25, 0.3) is 55.0 Å². The summed E-state index contributed by atoms with van der Waals surface area (Å²) < 4.78 is 4.53. The van der Waals surface area contributed by atoms with Gasteiger partial charge >= 0.3 is 0 Å². The van der Waals surface area contributed by atoms with E-state index in [1.165, 1.54) is 32.6 Å². The first-order chi connectivity index (χ1) is 16.7. The molecule has 0 aliphatic rings. The van der Waals surface area contributed by atoms with Crippen molar-refractivity contribution in [3.8, 4) is 0 Å². The highest BCUT2D eigenvalue weighted by Gasteiger charge is 2.16. The molecule has 0 saturated heterocycles. The first-order valence-electron chi connectivity index (χ1n) is 11.4. The minimum Gasteiger partial charge on any atom is -0.308 e. The molecular weight excluding hydrogens is 416 g/mol. The molecule has 0 fully saturated rings. The summed E-state index contributed by atoms with van der Waals surface area (Å²) in [5, 5.41) is 4.79. The molecule has 34 heavy (non-hydrogen) atoms. The van der Waals surface area contributed by atoms with Gasteiger partial charge in [0, 0.05) is 45.3 Å². The number of aryl methyl sites for hydroxylation is 1. The van der Waals surface area contributed by atoms with E-state index >= 15 is 0 Å². The fourth-order valence-electron chi connectivity index (χ4n) is 4.99. The smallest absolute Gasteiger partial charge is 0.0724 e. The third kappa shape index (κ3) is 2.92. The van der Waals surface area contributed by atoms with Gasteiger partial charge in [-0.05, 0) is 55.8 Å². The monoisotopic (exact) mass is 440 g/mol. The highest BCUT2D eigenvalue weighted by atomic mass is 15.0. The third-order valence-corrected chi connectivity index (χ3v) is 6.52. The summed E-state index contributed by atoms with van der Waals surface area (Å²) >= 11 is 0. The standard InChI is InChI=1S/C30H24N4/c1-4-21(33-27-9-7-6-8-23(27)25-12-14-31-18-29(25)33)17-22(5-2)34-28-16-20(3)10-11-24(28)26-13-15-32-19-30(26)34/h4-19H,1H2,2-3H3/b21-17+,22-5+. The van der Waals surface area contributed by atoms with E-state index in [0.29, 0.717) is 0 Å². The van der Waals surface area contributed by atoms with Crippen LogP contribution in [-0.4, -0.2) is 19.1 Å². The third-order valence-electron chi connectivity index (χ3n) is 6.52. The molecule has 0 saturated carbocycles. The van der Waals surface area contributed by atoms with E-state index in [-0.39, 0.29) is 0 Å². The van der Waals surface area contributed by atoms with E-state index in [2.05, 4.69) is 106 Å². The number of benzene rings is 2. The van der Waals surface area contributed by atoms with Crippen molar-refractivity contribution in [1.29, 1.82) is 0 Å². The first-order valence-corrected chi connectivity index (χ1v) is 11.4. The lowest BCUT2D eigenvalue weighted by molar-refractivity contribution is 1.18. The number of hydrogen-bond donors (Lipinski definition) is 0.